The fraction of sp³-hybridized carbons (Fsp3) is 0.188. The van der Waals surface area contributed by atoms with Crippen molar-refractivity contribution in [2.75, 3.05) is 11.9 Å². The lowest BCUT2D eigenvalue weighted by molar-refractivity contribution is 0.102. The summed E-state index contributed by atoms with van der Waals surface area (Å²) in [5.74, 6) is -0.0533. The molecule has 0 aromatic heterocycles. The predicted octanol–water partition coefficient (Wildman–Crippen LogP) is 3.19. The molecule has 3 nitrogen and oxygen atoms in total. The fourth-order valence-corrected chi connectivity index (χ4v) is 2.90. The van der Waals surface area contributed by atoms with Gasteiger partial charge in [-0.1, -0.05) is 18.2 Å². The predicted molar refractivity (Wildman–Crippen MR) is 89.0 cm³/mol. The van der Waals surface area contributed by atoms with Gasteiger partial charge in [-0.2, -0.15) is 0 Å². The topological polar surface area (TPSA) is 41.1 Å². The summed E-state index contributed by atoms with van der Waals surface area (Å²) in [7, 11) is 0. The van der Waals surface area contributed by atoms with E-state index in [-0.39, 0.29) is 5.91 Å². The van der Waals surface area contributed by atoms with E-state index in [1.165, 1.54) is 11.1 Å². The van der Waals surface area contributed by atoms with E-state index in [0.29, 0.717) is 5.56 Å². The van der Waals surface area contributed by atoms with Crippen molar-refractivity contribution in [2.45, 2.75) is 13.0 Å². The van der Waals surface area contributed by atoms with Crippen LogP contribution in [-0.4, -0.2) is 12.5 Å². The lowest BCUT2D eigenvalue weighted by Gasteiger charge is -2.17. The molecule has 1 heterocycles. The molecule has 2 aromatic rings. The van der Waals surface area contributed by atoms with Crippen molar-refractivity contribution >= 4 is 34.2 Å². The van der Waals surface area contributed by atoms with E-state index in [1.54, 1.807) is 0 Å². The molecule has 2 aromatic carbocycles. The van der Waals surface area contributed by atoms with Crippen LogP contribution in [0.5, 0.6) is 0 Å². The van der Waals surface area contributed by atoms with Gasteiger partial charge in [-0.3, -0.25) is 4.79 Å². The molecule has 102 valence electrons. The highest BCUT2D eigenvalue weighted by molar-refractivity contribution is 14.1. The van der Waals surface area contributed by atoms with E-state index in [2.05, 4.69) is 39.3 Å². The molecule has 0 spiro atoms. The highest BCUT2D eigenvalue weighted by Gasteiger charge is 2.13. The van der Waals surface area contributed by atoms with Crippen molar-refractivity contribution in [3.8, 4) is 0 Å². The summed E-state index contributed by atoms with van der Waals surface area (Å²) in [6, 6.07) is 13.8. The van der Waals surface area contributed by atoms with Crippen LogP contribution in [0, 0.1) is 3.57 Å². The maximum atomic E-state index is 12.3. The van der Waals surface area contributed by atoms with Gasteiger partial charge in [-0.25, -0.2) is 0 Å². The van der Waals surface area contributed by atoms with E-state index >= 15 is 0 Å². The largest absolute Gasteiger partial charge is 0.321 e. The Hall–Kier alpha value is -1.40. The number of hydrogen-bond donors (Lipinski definition) is 2. The van der Waals surface area contributed by atoms with Gasteiger partial charge in [0.1, 0.15) is 0 Å². The normalized spacial score (nSPS) is 13.7. The Morgan fingerprint density at radius 1 is 1.15 bits per heavy atom. The van der Waals surface area contributed by atoms with Crippen LogP contribution >= 0.6 is 22.6 Å². The van der Waals surface area contributed by atoms with Crippen LogP contribution in [0.2, 0.25) is 0 Å². The standard InChI is InChI=1S/C16H15IN2O/c17-14-3-1-2-4-15(14)19-16(20)12-6-5-11-7-8-18-10-13(11)9-12/h1-6,9,18H,7-8,10H2,(H,19,20). The Labute approximate surface area is 131 Å². The summed E-state index contributed by atoms with van der Waals surface area (Å²) in [4.78, 5) is 12.3. The minimum absolute atomic E-state index is 0.0533. The first-order valence-corrected chi connectivity index (χ1v) is 7.70. The number of halogens is 1. The van der Waals surface area contributed by atoms with Gasteiger partial charge in [-0.05, 0) is 70.9 Å². The minimum atomic E-state index is -0.0533. The molecule has 1 aliphatic heterocycles. The second-order valence-electron chi connectivity index (χ2n) is 4.84. The zero-order chi connectivity index (χ0) is 13.9. The number of anilines is 1. The summed E-state index contributed by atoms with van der Waals surface area (Å²) in [6.45, 7) is 1.86. The lowest BCUT2D eigenvalue weighted by atomic mass is 9.98. The highest BCUT2D eigenvalue weighted by Crippen LogP contribution is 2.20. The van der Waals surface area contributed by atoms with E-state index in [4.69, 9.17) is 0 Å². The van der Waals surface area contributed by atoms with Crippen molar-refractivity contribution in [2.24, 2.45) is 0 Å². The van der Waals surface area contributed by atoms with Crippen molar-refractivity contribution in [1.29, 1.82) is 0 Å². The third-order valence-corrected chi connectivity index (χ3v) is 4.42. The second kappa shape index (κ2) is 5.93. The Morgan fingerprint density at radius 3 is 2.85 bits per heavy atom. The number of fused-ring (bicyclic) bond motifs is 1. The number of benzene rings is 2. The number of hydrogen-bond acceptors (Lipinski definition) is 2. The third kappa shape index (κ3) is 2.86. The molecular weight excluding hydrogens is 363 g/mol. The average Bonchev–Trinajstić information content (AvgIpc) is 2.49. The maximum Gasteiger partial charge on any atom is 0.255 e. The number of rotatable bonds is 2. The van der Waals surface area contributed by atoms with Crippen LogP contribution in [-0.2, 0) is 13.0 Å². The third-order valence-electron chi connectivity index (χ3n) is 3.48. The quantitative estimate of drug-likeness (QED) is 0.789. The highest BCUT2D eigenvalue weighted by atomic mass is 127. The fourth-order valence-electron chi connectivity index (χ4n) is 2.38. The van der Waals surface area contributed by atoms with Crippen LogP contribution in [0.25, 0.3) is 0 Å². The zero-order valence-electron chi connectivity index (χ0n) is 10.9. The van der Waals surface area contributed by atoms with Gasteiger partial charge in [0.05, 0.1) is 5.69 Å². The number of carbonyl (C=O) groups excluding carboxylic acids is 1. The lowest BCUT2D eigenvalue weighted by Crippen LogP contribution is -2.24. The molecule has 0 fully saturated rings. The molecule has 0 unspecified atom stereocenters. The molecule has 20 heavy (non-hydrogen) atoms. The SMILES string of the molecule is O=C(Nc1ccccc1I)c1ccc2c(c1)CNCC2. The number of amides is 1. The van der Waals surface area contributed by atoms with Crippen molar-refractivity contribution in [3.63, 3.8) is 0 Å². The van der Waals surface area contributed by atoms with Gasteiger partial charge < -0.3 is 10.6 Å². The molecule has 0 saturated carbocycles. The molecule has 0 bridgehead atoms. The van der Waals surface area contributed by atoms with Crippen LogP contribution in [0.3, 0.4) is 0 Å². The van der Waals surface area contributed by atoms with Crippen LogP contribution < -0.4 is 10.6 Å². The number of nitrogens with one attached hydrogen (secondary N) is 2. The second-order valence-corrected chi connectivity index (χ2v) is 6.01. The first-order valence-electron chi connectivity index (χ1n) is 6.62. The van der Waals surface area contributed by atoms with E-state index in [1.807, 2.05) is 36.4 Å². The average molecular weight is 378 g/mol. The Balaban J connectivity index is 1.82. The first-order chi connectivity index (χ1) is 9.74. The molecule has 1 amide bonds. The van der Waals surface area contributed by atoms with Gasteiger partial charge in [0, 0.05) is 15.7 Å². The van der Waals surface area contributed by atoms with E-state index < -0.39 is 0 Å². The van der Waals surface area contributed by atoms with Crippen molar-refractivity contribution < 1.29 is 4.79 Å². The molecule has 1 aliphatic rings. The van der Waals surface area contributed by atoms with Crippen LogP contribution in [0.1, 0.15) is 21.5 Å². The molecule has 0 saturated heterocycles. The minimum Gasteiger partial charge on any atom is -0.321 e. The smallest absolute Gasteiger partial charge is 0.255 e. The monoisotopic (exact) mass is 378 g/mol. The molecule has 0 atom stereocenters. The number of para-hydroxylation sites is 1. The van der Waals surface area contributed by atoms with Gasteiger partial charge in [-0.15, -0.1) is 0 Å². The summed E-state index contributed by atoms with van der Waals surface area (Å²) in [5, 5.41) is 6.30. The zero-order valence-corrected chi connectivity index (χ0v) is 13.1. The Morgan fingerprint density at radius 2 is 2.00 bits per heavy atom. The van der Waals surface area contributed by atoms with Crippen LogP contribution in [0.4, 0.5) is 5.69 Å². The Bertz CT molecular complexity index is 655. The van der Waals surface area contributed by atoms with Gasteiger partial charge in [0.15, 0.2) is 0 Å². The molecule has 2 N–H and O–H groups in total. The Kier molecular flexibility index (Phi) is 4.03. The van der Waals surface area contributed by atoms with E-state index in [0.717, 1.165) is 28.8 Å². The summed E-state index contributed by atoms with van der Waals surface area (Å²) >= 11 is 2.22. The van der Waals surface area contributed by atoms with Gasteiger partial charge in [0.25, 0.3) is 5.91 Å². The van der Waals surface area contributed by atoms with E-state index in [9.17, 15) is 4.79 Å². The van der Waals surface area contributed by atoms with Gasteiger partial charge >= 0.3 is 0 Å². The molecule has 0 aliphatic carbocycles. The molecule has 4 heteroatoms. The summed E-state index contributed by atoms with van der Waals surface area (Å²) < 4.78 is 1.04. The maximum absolute atomic E-state index is 12.3. The first kappa shape index (κ1) is 13.6. The van der Waals surface area contributed by atoms with Crippen molar-refractivity contribution in [3.05, 3.63) is 62.7 Å². The van der Waals surface area contributed by atoms with Gasteiger partial charge in [0.2, 0.25) is 0 Å². The summed E-state index contributed by atoms with van der Waals surface area (Å²) in [6.07, 6.45) is 1.04. The molecule has 0 radical (unpaired) electrons. The number of carbonyl (C=O) groups is 1. The summed E-state index contributed by atoms with van der Waals surface area (Å²) in [5.41, 5.74) is 4.14. The van der Waals surface area contributed by atoms with Crippen molar-refractivity contribution in [1.82, 2.24) is 5.32 Å². The molecular formula is C16H15IN2O. The molecule has 3 rings (SSSR count). The van der Waals surface area contributed by atoms with Crippen LogP contribution in [0.15, 0.2) is 42.5 Å².